The first-order chi connectivity index (χ1) is 9.74. The zero-order valence-electron chi connectivity index (χ0n) is 11.6. The lowest BCUT2D eigenvalue weighted by molar-refractivity contribution is 0.536. The molecule has 0 aliphatic rings. The Balaban J connectivity index is 1.73. The van der Waals surface area contributed by atoms with Crippen LogP contribution in [0.2, 0.25) is 0 Å². The summed E-state index contributed by atoms with van der Waals surface area (Å²) in [5.41, 5.74) is 3.06. The molecule has 0 aliphatic carbocycles. The van der Waals surface area contributed by atoms with E-state index in [2.05, 4.69) is 33.5 Å². The highest BCUT2D eigenvalue weighted by Gasteiger charge is 2.12. The molecule has 1 N–H and O–H groups in total. The number of aromatic nitrogens is 4. The van der Waals surface area contributed by atoms with Crippen molar-refractivity contribution in [1.82, 2.24) is 24.9 Å². The summed E-state index contributed by atoms with van der Waals surface area (Å²) in [6.45, 7) is 4.83. The van der Waals surface area contributed by atoms with Gasteiger partial charge in [-0.3, -0.25) is 9.38 Å². The Kier molecular flexibility index (Phi) is 3.43. The summed E-state index contributed by atoms with van der Waals surface area (Å²) in [6.07, 6.45) is 3.86. The molecule has 0 saturated carbocycles. The highest BCUT2D eigenvalue weighted by Crippen LogP contribution is 2.12. The van der Waals surface area contributed by atoms with E-state index in [-0.39, 0.29) is 6.04 Å². The predicted molar refractivity (Wildman–Crippen MR) is 77.2 cm³/mol. The molecule has 0 bridgehead atoms. The zero-order valence-corrected chi connectivity index (χ0v) is 11.6. The quantitative estimate of drug-likeness (QED) is 0.788. The van der Waals surface area contributed by atoms with Crippen molar-refractivity contribution in [1.29, 1.82) is 0 Å². The number of hydrogen-bond donors (Lipinski definition) is 1. The molecular formula is C15H17N5. The molecule has 0 saturated heterocycles. The molecule has 0 amide bonds. The molecule has 5 heteroatoms. The number of rotatable bonds is 4. The highest BCUT2D eigenvalue weighted by atomic mass is 15.3. The van der Waals surface area contributed by atoms with Gasteiger partial charge in [0.1, 0.15) is 0 Å². The second-order valence-corrected chi connectivity index (χ2v) is 4.92. The number of fused-ring (bicyclic) bond motifs is 1. The minimum absolute atomic E-state index is 0.107. The van der Waals surface area contributed by atoms with Gasteiger partial charge in [-0.1, -0.05) is 12.1 Å². The van der Waals surface area contributed by atoms with Crippen LogP contribution < -0.4 is 5.32 Å². The van der Waals surface area contributed by atoms with Crippen molar-refractivity contribution in [2.24, 2.45) is 0 Å². The van der Waals surface area contributed by atoms with E-state index in [9.17, 15) is 0 Å². The van der Waals surface area contributed by atoms with Crippen LogP contribution in [0.5, 0.6) is 0 Å². The number of nitrogens with zero attached hydrogens (tertiary/aromatic N) is 4. The largest absolute Gasteiger partial charge is 0.302 e. The first-order valence-corrected chi connectivity index (χ1v) is 6.68. The number of nitrogens with one attached hydrogen (secondary N) is 1. The van der Waals surface area contributed by atoms with Gasteiger partial charge in [-0.2, -0.15) is 0 Å². The van der Waals surface area contributed by atoms with E-state index in [1.165, 1.54) is 5.56 Å². The number of aryl methyl sites for hydroxylation is 1. The molecule has 3 aromatic rings. The summed E-state index contributed by atoms with van der Waals surface area (Å²) in [6, 6.07) is 10.1. The van der Waals surface area contributed by atoms with Gasteiger partial charge in [0.05, 0.1) is 11.7 Å². The van der Waals surface area contributed by atoms with Crippen LogP contribution >= 0.6 is 0 Å². The molecule has 0 aromatic carbocycles. The van der Waals surface area contributed by atoms with Gasteiger partial charge < -0.3 is 5.32 Å². The molecule has 0 aliphatic heterocycles. The lowest BCUT2D eigenvalue weighted by Gasteiger charge is -2.11. The Bertz CT molecular complexity index is 702. The molecule has 3 aromatic heterocycles. The normalized spacial score (nSPS) is 12.7. The topological polar surface area (TPSA) is 55.1 Å². The fraction of sp³-hybridized carbons (Fsp3) is 0.267. The third-order valence-electron chi connectivity index (χ3n) is 3.29. The van der Waals surface area contributed by atoms with Crippen LogP contribution in [0.25, 0.3) is 5.65 Å². The minimum Gasteiger partial charge on any atom is -0.302 e. The summed E-state index contributed by atoms with van der Waals surface area (Å²) >= 11 is 0. The maximum Gasteiger partial charge on any atom is 0.160 e. The fourth-order valence-electron chi connectivity index (χ4n) is 2.11. The first kappa shape index (κ1) is 12.7. The molecule has 1 unspecified atom stereocenters. The van der Waals surface area contributed by atoms with Gasteiger partial charge in [0.25, 0.3) is 0 Å². The minimum atomic E-state index is 0.107. The van der Waals surface area contributed by atoms with Crippen LogP contribution in [0.4, 0.5) is 0 Å². The third-order valence-corrected chi connectivity index (χ3v) is 3.29. The van der Waals surface area contributed by atoms with Gasteiger partial charge in [-0.05, 0) is 37.6 Å². The van der Waals surface area contributed by atoms with E-state index < -0.39 is 0 Å². The van der Waals surface area contributed by atoms with Crippen molar-refractivity contribution in [3.63, 3.8) is 0 Å². The van der Waals surface area contributed by atoms with Crippen molar-refractivity contribution in [2.45, 2.75) is 26.4 Å². The van der Waals surface area contributed by atoms with Crippen molar-refractivity contribution >= 4 is 5.65 Å². The van der Waals surface area contributed by atoms with Crippen LogP contribution in [-0.4, -0.2) is 19.6 Å². The maximum absolute atomic E-state index is 4.39. The molecule has 0 radical (unpaired) electrons. The lowest BCUT2D eigenvalue weighted by atomic mass is 10.2. The van der Waals surface area contributed by atoms with E-state index in [4.69, 9.17) is 0 Å². The Morgan fingerprint density at radius 1 is 1.20 bits per heavy atom. The molecule has 102 valence electrons. The van der Waals surface area contributed by atoms with Crippen LogP contribution in [0.15, 0.2) is 42.7 Å². The fourth-order valence-corrected chi connectivity index (χ4v) is 2.11. The highest BCUT2D eigenvalue weighted by molar-refractivity contribution is 5.37. The molecule has 3 heterocycles. The average molecular weight is 267 g/mol. The predicted octanol–water partition coefficient (Wildman–Crippen LogP) is 2.28. The van der Waals surface area contributed by atoms with Crippen LogP contribution in [0, 0.1) is 6.92 Å². The van der Waals surface area contributed by atoms with E-state index in [0.717, 1.165) is 17.2 Å². The van der Waals surface area contributed by atoms with Gasteiger partial charge in [0, 0.05) is 18.9 Å². The van der Waals surface area contributed by atoms with Crippen LogP contribution in [0.3, 0.4) is 0 Å². The van der Waals surface area contributed by atoms with Gasteiger partial charge >= 0.3 is 0 Å². The third kappa shape index (κ3) is 2.53. The van der Waals surface area contributed by atoms with Crippen molar-refractivity contribution in [2.75, 3.05) is 0 Å². The van der Waals surface area contributed by atoms with E-state index in [0.29, 0.717) is 6.54 Å². The van der Waals surface area contributed by atoms with E-state index >= 15 is 0 Å². The maximum atomic E-state index is 4.39. The standard InChI is InChI=1S/C15H17N5/c1-11-6-7-13(17-9-11)10-16-12(2)15-19-18-14-5-3-4-8-20(14)15/h3-9,12,16H,10H2,1-2H3. The van der Waals surface area contributed by atoms with Crippen molar-refractivity contribution in [3.05, 3.63) is 59.8 Å². The first-order valence-electron chi connectivity index (χ1n) is 6.68. The molecular weight excluding hydrogens is 250 g/mol. The van der Waals surface area contributed by atoms with E-state index in [1.807, 2.05) is 48.0 Å². The van der Waals surface area contributed by atoms with Crippen molar-refractivity contribution in [3.8, 4) is 0 Å². The summed E-state index contributed by atoms with van der Waals surface area (Å²) < 4.78 is 2.00. The molecule has 3 rings (SSSR count). The molecule has 20 heavy (non-hydrogen) atoms. The van der Waals surface area contributed by atoms with Gasteiger partial charge in [-0.25, -0.2) is 0 Å². The SMILES string of the molecule is Cc1ccc(CNC(C)c2nnc3ccccn23)nc1. The zero-order chi connectivity index (χ0) is 13.9. The van der Waals surface area contributed by atoms with Gasteiger partial charge in [-0.15, -0.1) is 10.2 Å². The summed E-state index contributed by atoms with van der Waals surface area (Å²) in [4.78, 5) is 4.39. The second kappa shape index (κ2) is 5.38. The summed E-state index contributed by atoms with van der Waals surface area (Å²) in [5.74, 6) is 0.910. The van der Waals surface area contributed by atoms with Crippen LogP contribution in [-0.2, 0) is 6.54 Å². The van der Waals surface area contributed by atoms with Crippen LogP contribution in [0.1, 0.15) is 30.0 Å². The second-order valence-electron chi connectivity index (χ2n) is 4.92. The average Bonchev–Trinajstić information content (AvgIpc) is 2.90. The smallest absolute Gasteiger partial charge is 0.160 e. The number of hydrogen-bond acceptors (Lipinski definition) is 4. The number of pyridine rings is 2. The Morgan fingerprint density at radius 2 is 2.10 bits per heavy atom. The van der Waals surface area contributed by atoms with Crippen molar-refractivity contribution < 1.29 is 0 Å². The van der Waals surface area contributed by atoms with Gasteiger partial charge in [0.2, 0.25) is 0 Å². The molecule has 0 spiro atoms. The molecule has 0 fully saturated rings. The van der Waals surface area contributed by atoms with E-state index in [1.54, 1.807) is 0 Å². The summed E-state index contributed by atoms with van der Waals surface area (Å²) in [5, 5.41) is 11.8. The Labute approximate surface area is 117 Å². The molecule has 5 nitrogen and oxygen atoms in total. The lowest BCUT2D eigenvalue weighted by Crippen LogP contribution is -2.20. The Hall–Kier alpha value is -2.27. The van der Waals surface area contributed by atoms with Gasteiger partial charge in [0.15, 0.2) is 11.5 Å². The summed E-state index contributed by atoms with van der Waals surface area (Å²) in [7, 11) is 0. The Morgan fingerprint density at radius 3 is 2.90 bits per heavy atom. The monoisotopic (exact) mass is 267 g/mol. The molecule has 1 atom stereocenters.